The first-order valence-electron chi connectivity index (χ1n) is 3.54. The molecule has 0 spiro atoms. The third kappa shape index (κ3) is 3.55. The molecule has 0 radical (unpaired) electrons. The van der Waals surface area contributed by atoms with Crippen molar-refractivity contribution in [2.75, 3.05) is 7.11 Å². The van der Waals surface area contributed by atoms with Gasteiger partial charge in [0.15, 0.2) is 0 Å². The highest BCUT2D eigenvalue weighted by Gasteiger charge is 2.25. The number of ether oxygens (including phenoxy) is 1. The van der Waals surface area contributed by atoms with Gasteiger partial charge >= 0.3 is 13.1 Å². The molecule has 0 aromatic carbocycles. The SMILES string of the molecule is COC(=O)C(C)(C)/C=C/B(O)O. The van der Waals surface area contributed by atoms with E-state index in [0.29, 0.717) is 0 Å². The number of hydrogen-bond donors (Lipinski definition) is 2. The van der Waals surface area contributed by atoms with Gasteiger partial charge in [0.1, 0.15) is 0 Å². The second-order valence-corrected chi connectivity index (χ2v) is 2.99. The fourth-order valence-electron chi connectivity index (χ4n) is 0.658. The third-order valence-corrected chi connectivity index (χ3v) is 1.40. The van der Waals surface area contributed by atoms with Crippen molar-refractivity contribution in [3.05, 3.63) is 12.1 Å². The average Bonchev–Trinajstić information content (AvgIpc) is 1.99. The van der Waals surface area contributed by atoms with E-state index in [-0.39, 0.29) is 0 Å². The molecule has 0 heterocycles. The Morgan fingerprint density at radius 1 is 1.50 bits per heavy atom. The Morgan fingerprint density at radius 3 is 2.33 bits per heavy atom. The monoisotopic (exact) mass is 172 g/mol. The summed E-state index contributed by atoms with van der Waals surface area (Å²) in [6.45, 7) is 3.25. The molecule has 68 valence electrons. The summed E-state index contributed by atoms with van der Waals surface area (Å²) in [6, 6.07) is 0. The summed E-state index contributed by atoms with van der Waals surface area (Å²) >= 11 is 0. The topological polar surface area (TPSA) is 66.8 Å². The zero-order chi connectivity index (χ0) is 9.78. The lowest BCUT2D eigenvalue weighted by Gasteiger charge is -2.16. The number of carbonyl (C=O) groups excluding carboxylic acids is 1. The van der Waals surface area contributed by atoms with Crippen LogP contribution in [0.4, 0.5) is 0 Å². The minimum atomic E-state index is -1.53. The molecular formula is C7H13BO4. The fraction of sp³-hybridized carbons (Fsp3) is 0.571. The van der Waals surface area contributed by atoms with Crippen LogP contribution in [-0.2, 0) is 9.53 Å². The van der Waals surface area contributed by atoms with Gasteiger partial charge in [-0.25, -0.2) is 0 Å². The maximum absolute atomic E-state index is 11.0. The van der Waals surface area contributed by atoms with Crippen molar-refractivity contribution in [3.8, 4) is 0 Å². The Morgan fingerprint density at radius 2 is 2.00 bits per heavy atom. The summed E-state index contributed by atoms with van der Waals surface area (Å²) in [5.41, 5.74) is -0.821. The second-order valence-electron chi connectivity index (χ2n) is 2.99. The highest BCUT2D eigenvalue weighted by molar-refractivity contribution is 6.47. The molecule has 0 aromatic heterocycles. The molecule has 0 atom stereocenters. The lowest BCUT2D eigenvalue weighted by Crippen LogP contribution is -2.24. The van der Waals surface area contributed by atoms with Crippen LogP contribution in [0.5, 0.6) is 0 Å². The summed E-state index contributed by atoms with van der Waals surface area (Å²) in [7, 11) is -0.248. The zero-order valence-corrected chi connectivity index (χ0v) is 7.44. The van der Waals surface area contributed by atoms with Crippen LogP contribution in [0.25, 0.3) is 0 Å². The van der Waals surface area contributed by atoms with Crippen molar-refractivity contribution in [3.63, 3.8) is 0 Å². The van der Waals surface area contributed by atoms with Gasteiger partial charge in [-0.15, -0.1) is 0 Å². The van der Waals surface area contributed by atoms with E-state index in [1.54, 1.807) is 13.8 Å². The number of methoxy groups -OCH3 is 1. The number of hydrogen-bond acceptors (Lipinski definition) is 4. The van der Waals surface area contributed by atoms with Gasteiger partial charge in [0, 0.05) is 0 Å². The second kappa shape index (κ2) is 4.28. The van der Waals surface area contributed by atoms with Crippen molar-refractivity contribution in [2.24, 2.45) is 5.41 Å². The quantitative estimate of drug-likeness (QED) is 0.455. The summed E-state index contributed by atoms with van der Waals surface area (Å²) < 4.78 is 4.49. The van der Waals surface area contributed by atoms with E-state index in [1.807, 2.05) is 0 Å². The van der Waals surface area contributed by atoms with E-state index in [4.69, 9.17) is 10.0 Å². The molecule has 0 fully saturated rings. The molecule has 12 heavy (non-hydrogen) atoms. The first-order chi connectivity index (χ1) is 5.40. The maximum atomic E-state index is 11.0. The first-order valence-corrected chi connectivity index (χ1v) is 3.54. The summed E-state index contributed by atoms with van der Waals surface area (Å²) in [5, 5.41) is 17.0. The van der Waals surface area contributed by atoms with Crippen molar-refractivity contribution >= 4 is 13.1 Å². The van der Waals surface area contributed by atoms with E-state index in [2.05, 4.69) is 4.74 Å². The first kappa shape index (κ1) is 11.2. The summed E-state index contributed by atoms with van der Waals surface area (Å²) in [5.74, 6) is 0.705. The van der Waals surface area contributed by atoms with Gasteiger partial charge < -0.3 is 14.8 Å². The standard InChI is InChI=1S/C7H13BO4/c1-7(2,6(9)12-3)4-5-8(10)11/h4-5,10-11H,1-3H3/b5-4+. The van der Waals surface area contributed by atoms with E-state index in [9.17, 15) is 4.79 Å². The van der Waals surface area contributed by atoms with Gasteiger partial charge in [-0.05, 0) is 13.8 Å². The van der Waals surface area contributed by atoms with Gasteiger partial charge in [0.2, 0.25) is 0 Å². The molecule has 0 aliphatic rings. The van der Waals surface area contributed by atoms with Crippen LogP contribution in [0.2, 0.25) is 0 Å². The van der Waals surface area contributed by atoms with E-state index < -0.39 is 18.5 Å². The summed E-state index contributed by atoms with van der Waals surface area (Å²) in [4.78, 5) is 11.0. The lowest BCUT2D eigenvalue weighted by molar-refractivity contribution is -0.148. The largest absolute Gasteiger partial charge is 0.480 e. The van der Waals surface area contributed by atoms with E-state index >= 15 is 0 Å². The molecule has 0 aliphatic carbocycles. The molecule has 2 N–H and O–H groups in total. The minimum absolute atomic E-state index is 0.417. The molecule has 0 saturated carbocycles. The molecule has 0 unspecified atom stereocenters. The Kier molecular flexibility index (Phi) is 3.99. The smallest absolute Gasteiger partial charge is 0.468 e. The Balaban J connectivity index is 4.31. The normalized spacial score (nSPS) is 11.8. The molecule has 0 bridgehead atoms. The Bertz CT molecular complexity index is 186. The van der Waals surface area contributed by atoms with Crippen LogP contribution in [0.3, 0.4) is 0 Å². The van der Waals surface area contributed by atoms with Gasteiger partial charge in [-0.3, -0.25) is 4.79 Å². The number of carbonyl (C=O) groups is 1. The molecule has 0 rings (SSSR count). The van der Waals surface area contributed by atoms with Crippen molar-refractivity contribution in [1.82, 2.24) is 0 Å². The van der Waals surface area contributed by atoms with E-state index in [1.165, 1.54) is 13.2 Å². The molecule has 5 heteroatoms. The van der Waals surface area contributed by atoms with Crippen molar-refractivity contribution < 1.29 is 19.6 Å². The molecule has 0 amide bonds. The lowest BCUT2D eigenvalue weighted by atomic mass is 9.84. The molecule has 0 saturated heterocycles. The highest BCUT2D eigenvalue weighted by Crippen LogP contribution is 2.18. The van der Waals surface area contributed by atoms with Crippen LogP contribution in [0.1, 0.15) is 13.8 Å². The Hall–Kier alpha value is -0.805. The number of rotatable bonds is 3. The van der Waals surface area contributed by atoms with Crippen LogP contribution in [-0.4, -0.2) is 30.2 Å². The van der Waals surface area contributed by atoms with Gasteiger partial charge in [-0.1, -0.05) is 12.1 Å². The number of esters is 1. The molecule has 0 aliphatic heterocycles. The Labute approximate surface area is 72.0 Å². The summed E-state index contributed by atoms with van der Waals surface area (Å²) in [6.07, 6.45) is 1.39. The predicted octanol–water partition coefficient (Wildman–Crippen LogP) is -0.246. The fourth-order valence-corrected chi connectivity index (χ4v) is 0.658. The van der Waals surface area contributed by atoms with Crippen molar-refractivity contribution in [1.29, 1.82) is 0 Å². The molecular weight excluding hydrogens is 159 g/mol. The van der Waals surface area contributed by atoms with Crippen LogP contribution >= 0.6 is 0 Å². The third-order valence-electron chi connectivity index (χ3n) is 1.40. The predicted molar refractivity (Wildman–Crippen MR) is 45.1 cm³/mol. The van der Waals surface area contributed by atoms with Crippen LogP contribution in [0.15, 0.2) is 12.1 Å². The minimum Gasteiger partial charge on any atom is -0.468 e. The van der Waals surface area contributed by atoms with Crippen LogP contribution < -0.4 is 0 Å². The highest BCUT2D eigenvalue weighted by atomic mass is 16.5. The maximum Gasteiger partial charge on any atom is 0.480 e. The van der Waals surface area contributed by atoms with Gasteiger partial charge in [0.05, 0.1) is 12.5 Å². The van der Waals surface area contributed by atoms with Crippen molar-refractivity contribution in [2.45, 2.75) is 13.8 Å². The van der Waals surface area contributed by atoms with Gasteiger partial charge in [0.25, 0.3) is 0 Å². The average molecular weight is 172 g/mol. The molecule has 4 nitrogen and oxygen atoms in total. The van der Waals surface area contributed by atoms with Gasteiger partial charge in [-0.2, -0.15) is 0 Å². The zero-order valence-electron chi connectivity index (χ0n) is 7.44. The molecule has 0 aromatic rings. The van der Waals surface area contributed by atoms with E-state index in [0.717, 1.165) is 5.98 Å². The van der Waals surface area contributed by atoms with Crippen LogP contribution in [0, 0.1) is 5.41 Å².